The van der Waals surface area contributed by atoms with E-state index in [1.807, 2.05) is 18.2 Å². The molecule has 2 aromatic heterocycles. The molecule has 0 saturated carbocycles. The molecule has 0 saturated heterocycles. The molecule has 0 aliphatic heterocycles. The van der Waals surface area contributed by atoms with Gasteiger partial charge in [0.25, 0.3) is 5.56 Å². The number of benzene rings is 1. The van der Waals surface area contributed by atoms with Crippen LogP contribution in [0.2, 0.25) is 0 Å². The Morgan fingerprint density at radius 3 is 2.75 bits per heavy atom. The van der Waals surface area contributed by atoms with Gasteiger partial charge in [-0.2, -0.15) is 10.1 Å². The fraction of sp³-hybridized carbons (Fsp3) is 0. The Morgan fingerprint density at radius 2 is 1.94 bits per heavy atom. The van der Waals surface area contributed by atoms with Crippen molar-refractivity contribution < 1.29 is 0 Å². The van der Waals surface area contributed by atoms with Crippen molar-refractivity contribution in [1.29, 1.82) is 0 Å². The lowest BCUT2D eigenvalue weighted by Crippen LogP contribution is -2.08. The van der Waals surface area contributed by atoms with E-state index in [1.165, 1.54) is 0 Å². The smallest absolute Gasteiger partial charge is 0.257 e. The van der Waals surface area contributed by atoms with E-state index >= 15 is 0 Å². The van der Waals surface area contributed by atoms with Crippen LogP contribution in [0.15, 0.2) is 29.1 Å². The molecule has 0 amide bonds. The fourth-order valence-electron chi connectivity index (χ4n) is 1.67. The van der Waals surface area contributed by atoms with Gasteiger partial charge in [-0.05, 0) is 18.3 Å². The summed E-state index contributed by atoms with van der Waals surface area (Å²) in [5, 5.41) is 8.06. The van der Waals surface area contributed by atoms with Crippen molar-refractivity contribution in [2.75, 3.05) is 0 Å². The first kappa shape index (κ1) is 9.17. The highest BCUT2D eigenvalue weighted by atomic mass is 32.1. The number of pyridine rings is 1. The van der Waals surface area contributed by atoms with E-state index in [9.17, 15) is 4.79 Å². The van der Waals surface area contributed by atoms with Crippen molar-refractivity contribution in [2.24, 2.45) is 0 Å². The molecule has 0 atom stereocenters. The van der Waals surface area contributed by atoms with Crippen LogP contribution in [0.25, 0.3) is 21.9 Å². The fourth-order valence-corrected chi connectivity index (χ4v) is 1.81. The Balaban J connectivity index is 2.69. The van der Waals surface area contributed by atoms with Crippen LogP contribution in [-0.2, 0) is 0 Å². The van der Waals surface area contributed by atoms with Gasteiger partial charge in [0, 0.05) is 10.8 Å². The largest absolute Gasteiger partial charge is 0.305 e. The van der Waals surface area contributed by atoms with Gasteiger partial charge in [0.2, 0.25) is 4.77 Å². The third kappa shape index (κ3) is 1.24. The van der Waals surface area contributed by atoms with Gasteiger partial charge in [-0.25, -0.2) is 0 Å². The van der Waals surface area contributed by atoms with Gasteiger partial charge in [-0.3, -0.25) is 9.89 Å². The molecule has 3 rings (SSSR count). The van der Waals surface area contributed by atoms with E-state index in [4.69, 9.17) is 12.2 Å². The van der Waals surface area contributed by atoms with Crippen LogP contribution < -0.4 is 5.56 Å². The summed E-state index contributed by atoms with van der Waals surface area (Å²) in [5.74, 6) is 0. The van der Waals surface area contributed by atoms with Crippen molar-refractivity contribution in [1.82, 2.24) is 20.2 Å². The maximum atomic E-state index is 11.7. The van der Waals surface area contributed by atoms with Gasteiger partial charge in [-0.1, -0.05) is 18.2 Å². The number of rotatable bonds is 0. The number of aromatic nitrogens is 4. The molecule has 16 heavy (non-hydrogen) atoms. The zero-order valence-corrected chi connectivity index (χ0v) is 8.84. The summed E-state index contributed by atoms with van der Waals surface area (Å²) in [5.41, 5.74) is 0.842. The van der Waals surface area contributed by atoms with Crippen LogP contribution in [0.1, 0.15) is 0 Å². The lowest BCUT2D eigenvalue weighted by Gasteiger charge is -2.00. The molecule has 78 valence electrons. The number of nitrogens with one attached hydrogen (secondary N) is 2. The lowest BCUT2D eigenvalue weighted by molar-refractivity contribution is 0.990. The predicted octanol–water partition coefficient (Wildman–Crippen LogP) is 1.53. The van der Waals surface area contributed by atoms with Crippen LogP contribution in [0.5, 0.6) is 0 Å². The minimum atomic E-state index is -0.182. The molecule has 1 aromatic carbocycles. The Kier molecular flexibility index (Phi) is 1.84. The lowest BCUT2D eigenvalue weighted by atomic mass is 10.1. The molecule has 3 aromatic rings. The van der Waals surface area contributed by atoms with Gasteiger partial charge in [0.15, 0.2) is 5.65 Å². The van der Waals surface area contributed by atoms with E-state index in [1.54, 1.807) is 6.07 Å². The van der Waals surface area contributed by atoms with Gasteiger partial charge in [0.05, 0.1) is 0 Å². The van der Waals surface area contributed by atoms with Gasteiger partial charge in [-0.15, -0.1) is 0 Å². The van der Waals surface area contributed by atoms with E-state index in [-0.39, 0.29) is 10.3 Å². The van der Waals surface area contributed by atoms with Crippen LogP contribution in [0.4, 0.5) is 0 Å². The number of H-pyrrole nitrogens is 2. The molecule has 2 N–H and O–H groups in total. The molecule has 5 nitrogen and oxygen atoms in total. The van der Waals surface area contributed by atoms with E-state index in [2.05, 4.69) is 20.2 Å². The molecule has 0 fully saturated rings. The average molecular weight is 230 g/mol. The third-order valence-corrected chi connectivity index (χ3v) is 2.54. The van der Waals surface area contributed by atoms with Crippen LogP contribution in [-0.4, -0.2) is 20.2 Å². The van der Waals surface area contributed by atoms with Crippen LogP contribution >= 0.6 is 12.2 Å². The molecular weight excluding hydrogens is 224 g/mol. The highest BCUT2D eigenvalue weighted by molar-refractivity contribution is 7.71. The molecule has 0 bridgehead atoms. The SMILES string of the molecule is O=c1[nH]c2nc(=S)[nH]nc2c2ccccc12. The quantitative estimate of drug-likeness (QED) is 0.453. The zero-order chi connectivity index (χ0) is 11.1. The monoisotopic (exact) mass is 230 g/mol. The first-order valence-electron chi connectivity index (χ1n) is 4.63. The first-order chi connectivity index (χ1) is 7.75. The summed E-state index contributed by atoms with van der Waals surface area (Å²) in [6, 6.07) is 7.24. The Hall–Kier alpha value is -2.08. The standard InChI is InChI=1S/C10H6N4OS/c15-9-6-4-2-1-3-5(6)7-8(11-9)12-10(16)14-13-7/h1-4H,(H2,11,12,14,15,16). The van der Waals surface area contributed by atoms with Crippen LogP contribution in [0.3, 0.4) is 0 Å². The topological polar surface area (TPSA) is 74.4 Å². The second-order valence-electron chi connectivity index (χ2n) is 3.34. The Morgan fingerprint density at radius 1 is 1.19 bits per heavy atom. The molecular formula is C10H6N4OS. The summed E-state index contributed by atoms with van der Waals surface area (Å²) in [6.07, 6.45) is 0. The maximum Gasteiger partial charge on any atom is 0.257 e. The van der Waals surface area contributed by atoms with Gasteiger partial charge >= 0.3 is 0 Å². The minimum Gasteiger partial charge on any atom is -0.305 e. The first-order valence-corrected chi connectivity index (χ1v) is 5.04. The van der Waals surface area contributed by atoms with Crippen molar-refractivity contribution in [2.45, 2.75) is 0 Å². The molecule has 0 spiro atoms. The van der Waals surface area contributed by atoms with Crippen molar-refractivity contribution in [3.05, 3.63) is 39.4 Å². The Labute approximate surface area is 94.2 Å². The summed E-state index contributed by atoms with van der Waals surface area (Å²) in [4.78, 5) is 18.4. The summed E-state index contributed by atoms with van der Waals surface area (Å²) >= 11 is 4.85. The molecule has 0 unspecified atom stereocenters. The van der Waals surface area contributed by atoms with Crippen molar-refractivity contribution in [3.63, 3.8) is 0 Å². The molecule has 0 aliphatic carbocycles. The highest BCUT2D eigenvalue weighted by Gasteiger charge is 2.05. The number of hydrogen-bond acceptors (Lipinski definition) is 4. The molecule has 0 aliphatic rings. The second kappa shape index (κ2) is 3.21. The maximum absolute atomic E-state index is 11.7. The number of hydrogen-bond donors (Lipinski definition) is 2. The summed E-state index contributed by atoms with van der Waals surface area (Å²) in [6.45, 7) is 0. The molecule has 2 heterocycles. The number of nitrogens with zero attached hydrogens (tertiary/aromatic N) is 2. The van der Waals surface area contributed by atoms with E-state index in [0.29, 0.717) is 16.6 Å². The van der Waals surface area contributed by atoms with Gasteiger partial charge in [0.1, 0.15) is 5.52 Å². The zero-order valence-electron chi connectivity index (χ0n) is 8.02. The minimum absolute atomic E-state index is 0.182. The van der Waals surface area contributed by atoms with Crippen LogP contribution in [0, 0.1) is 4.77 Å². The van der Waals surface area contributed by atoms with Gasteiger partial charge < -0.3 is 4.98 Å². The van der Waals surface area contributed by atoms with E-state index < -0.39 is 0 Å². The molecule has 6 heteroatoms. The normalized spacial score (nSPS) is 11.0. The number of aromatic amines is 2. The van der Waals surface area contributed by atoms with Crippen molar-refractivity contribution in [3.8, 4) is 0 Å². The number of fused-ring (bicyclic) bond motifs is 3. The third-order valence-electron chi connectivity index (χ3n) is 2.36. The summed E-state index contributed by atoms with van der Waals surface area (Å²) < 4.78 is 0.249. The average Bonchev–Trinajstić information content (AvgIpc) is 2.29. The van der Waals surface area contributed by atoms with Crippen molar-refractivity contribution >= 4 is 34.2 Å². The predicted molar refractivity (Wildman–Crippen MR) is 62.8 cm³/mol. The summed E-state index contributed by atoms with van der Waals surface area (Å²) in [7, 11) is 0. The highest BCUT2D eigenvalue weighted by Crippen LogP contribution is 2.15. The van der Waals surface area contributed by atoms with E-state index in [0.717, 1.165) is 5.39 Å². The molecule has 0 radical (unpaired) electrons. The Bertz CT molecular complexity index is 805. The second-order valence-corrected chi connectivity index (χ2v) is 3.72.